The smallest absolute Gasteiger partial charge is 0.315 e. The summed E-state index contributed by atoms with van der Waals surface area (Å²) in [7, 11) is 0. The van der Waals surface area contributed by atoms with Gasteiger partial charge in [-0.25, -0.2) is 9.18 Å². The number of benzene rings is 3. The Bertz CT molecular complexity index is 1310. The number of hydrogen-bond acceptors (Lipinski definition) is 3. The second-order valence-electron chi connectivity index (χ2n) is 8.57. The van der Waals surface area contributed by atoms with Crippen molar-refractivity contribution in [2.75, 3.05) is 13.1 Å². The molecule has 3 aromatic carbocycles. The number of nitrogens with one attached hydrogen (secondary N) is 4. The van der Waals surface area contributed by atoms with Crippen LogP contribution in [0.15, 0.2) is 60.7 Å². The van der Waals surface area contributed by atoms with E-state index in [2.05, 4.69) is 27.3 Å². The molecule has 0 unspecified atom stereocenters. The van der Waals surface area contributed by atoms with Gasteiger partial charge in [-0.15, -0.1) is 0 Å². The van der Waals surface area contributed by atoms with E-state index in [1.807, 2.05) is 18.2 Å². The number of amides is 4. The molecule has 0 fully saturated rings. The van der Waals surface area contributed by atoms with Gasteiger partial charge in [0.25, 0.3) is 11.8 Å². The molecule has 0 bridgehead atoms. The molecule has 7 nitrogen and oxygen atoms in total. The van der Waals surface area contributed by atoms with E-state index in [0.717, 1.165) is 18.4 Å². The number of aryl methyl sites for hydroxylation is 1. The molecule has 1 aliphatic carbocycles. The Morgan fingerprint density at radius 3 is 2.35 bits per heavy atom. The average Bonchev–Trinajstić information content (AvgIpc) is 3.27. The Hall–Kier alpha value is -3.62. The highest BCUT2D eigenvalue weighted by atomic mass is 35.5. The molecule has 0 heterocycles. The molecule has 4 rings (SSSR count). The summed E-state index contributed by atoms with van der Waals surface area (Å²) in [5, 5.41) is 11.0. The molecular weight excluding hydrogens is 518 g/mol. The van der Waals surface area contributed by atoms with Crippen molar-refractivity contribution in [1.82, 2.24) is 21.3 Å². The van der Waals surface area contributed by atoms with Gasteiger partial charge >= 0.3 is 6.03 Å². The van der Waals surface area contributed by atoms with Gasteiger partial charge in [-0.1, -0.05) is 59.6 Å². The van der Waals surface area contributed by atoms with Gasteiger partial charge in [0.2, 0.25) is 0 Å². The summed E-state index contributed by atoms with van der Waals surface area (Å²) >= 11 is 12.5. The van der Waals surface area contributed by atoms with Crippen LogP contribution in [0.1, 0.15) is 49.9 Å². The van der Waals surface area contributed by atoms with Gasteiger partial charge in [0.05, 0.1) is 21.7 Å². The highest BCUT2D eigenvalue weighted by Crippen LogP contribution is 2.30. The fourth-order valence-corrected chi connectivity index (χ4v) is 4.87. The first-order valence-electron chi connectivity index (χ1n) is 11.7. The molecule has 0 saturated carbocycles. The van der Waals surface area contributed by atoms with Crippen LogP contribution >= 0.6 is 23.2 Å². The summed E-state index contributed by atoms with van der Waals surface area (Å²) in [5.74, 6) is -1.41. The molecule has 192 valence electrons. The molecule has 0 saturated heterocycles. The fraction of sp³-hybridized carbons (Fsp3) is 0.222. The third-order valence-corrected chi connectivity index (χ3v) is 6.60. The first-order chi connectivity index (χ1) is 17.8. The van der Waals surface area contributed by atoms with Crippen LogP contribution < -0.4 is 21.3 Å². The Morgan fingerprint density at radius 1 is 0.865 bits per heavy atom. The van der Waals surface area contributed by atoms with E-state index in [0.29, 0.717) is 5.56 Å². The van der Waals surface area contributed by atoms with Crippen LogP contribution in [0.4, 0.5) is 9.18 Å². The molecule has 10 heteroatoms. The van der Waals surface area contributed by atoms with Crippen molar-refractivity contribution in [3.63, 3.8) is 0 Å². The van der Waals surface area contributed by atoms with Crippen LogP contribution in [0.3, 0.4) is 0 Å². The van der Waals surface area contributed by atoms with Crippen molar-refractivity contribution in [1.29, 1.82) is 0 Å². The zero-order valence-corrected chi connectivity index (χ0v) is 21.3. The van der Waals surface area contributed by atoms with Crippen molar-refractivity contribution < 1.29 is 18.8 Å². The van der Waals surface area contributed by atoms with E-state index in [9.17, 15) is 18.8 Å². The highest BCUT2D eigenvalue weighted by Gasteiger charge is 2.23. The minimum absolute atomic E-state index is 0.00602. The lowest BCUT2D eigenvalue weighted by molar-refractivity contribution is 0.0940. The van der Waals surface area contributed by atoms with Gasteiger partial charge in [-0.05, 0) is 53.8 Å². The molecule has 4 N–H and O–H groups in total. The molecule has 1 atom stereocenters. The molecule has 1 aliphatic rings. The largest absolute Gasteiger partial charge is 0.350 e. The van der Waals surface area contributed by atoms with Gasteiger partial charge < -0.3 is 21.3 Å². The number of urea groups is 1. The third-order valence-electron chi connectivity index (χ3n) is 6.01. The molecule has 3 aromatic rings. The summed E-state index contributed by atoms with van der Waals surface area (Å²) in [6.45, 7) is 0.458. The summed E-state index contributed by atoms with van der Waals surface area (Å²) in [4.78, 5) is 37.4. The summed E-state index contributed by atoms with van der Waals surface area (Å²) < 4.78 is 13.3. The Morgan fingerprint density at radius 2 is 1.59 bits per heavy atom. The monoisotopic (exact) mass is 542 g/mol. The number of hydrogen-bond donors (Lipinski definition) is 4. The van der Waals surface area contributed by atoms with Gasteiger partial charge in [-0.2, -0.15) is 0 Å². The third kappa shape index (κ3) is 6.78. The van der Waals surface area contributed by atoms with Crippen LogP contribution in [0, 0.1) is 5.82 Å². The number of carbonyl (C=O) groups is 3. The number of fused-ring (bicyclic) bond motifs is 1. The molecule has 37 heavy (non-hydrogen) atoms. The summed E-state index contributed by atoms with van der Waals surface area (Å²) in [6, 6.07) is 16.2. The maximum absolute atomic E-state index is 13.3. The lowest BCUT2D eigenvalue weighted by atomic mass is 10.1. The zero-order chi connectivity index (χ0) is 26.4. The second kappa shape index (κ2) is 12.1. The summed E-state index contributed by atoms with van der Waals surface area (Å²) in [5.41, 5.74) is 3.15. The number of carbonyl (C=O) groups excluding carboxylic acids is 3. The van der Waals surface area contributed by atoms with E-state index >= 15 is 0 Å². The quantitative estimate of drug-likeness (QED) is 0.308. The maximum atomic E-state index is 13.3. The van der Waals surface area contributed by atoms with Crippen LogP contribution in [0.25, 0.3) is 0 Å². The lowest BCUT2D eigenvalue weighted by Gasteiger charge is -2.15. The van der Waals surface area contributed by atoms with Crippen molar-refractivity contribution >= 4 is 41.0 Å². The van der Waals surface area contributed by atoms with Gasteiger partial charge in [0, 0.05) is 25.2 Å². The second-order valence-corrected chi connectivity index (χ2v) is 9.39. The standard InChI is InChI=1S/C27H25Cl2FN4O3/c28-21-13-18(25(35)33-15-16-4-3-6-19(30)12-16)14-22(29)24(21)26(36)31-10-11-32-27(37)34-23-9-8-17-5-1-2-7-20(17)23/h1-7,12-14,23H,8-11,15H2,(H,31,36)(H,33,35)(H2,32,34,37)/t23-/m1/s1. The van der Waals surface area contributed by atoms with Gasteiger partial charge in [-0.3, -0.25) is 9.59 Å². The molecule has 0 aromatic heterocycles. The first-order valence-corrected chi connectivity index (χ1v) is 12.5. The first kappa shape index (κ1) is 26.4. The van der Waals surface area contributed by atoms with Crippen molar-refractivity contribution in [2.45, 2.75) is 25.4 Å². The van der Waals surface area contributed by atoms with Crippen LogP contribution in [0.5, 0.6) is 0 Å². The normalized spacial score (nSPS) is 14.0. The molecular formula is C27H25Cl2FN4O3. The maximum Gasteiger partial charge on any atom is 0.315 e. The van der Waals surface area contributed by atoms with Crippen molar-refractivity contribution in [3.05, 3.63) is 104 Å². The van der Waals surface area contributed by atoms with Crippen LogP contribution in [-0.2, 0) is 13.0 Å². The van der Waals surface area contributed by atoms with Crippen LogP contribution in [0.2, 0.25) is 10.0 Å². The number of rotatable bonds is 8. The molecule has 0 radical (unpaired) electrons. The Balaban J connectivity index is 1.25. The summed E-state index contributed by atoms with van der Waals surface area (Å²) in [6.07, 6.45) is 1.77. The lowest BCUT2D eigenvalue weighted by Crippen LogP contribution is -2.41. The van der Waals surface area contributed by atoms with E-state index in [-0.39, 0.29) is 52.9 Å². The van der Waals surface area contributed by atoms with E-state index in [4.69, 9.17) is 23.2 Å². The van der Waals surface area contributed by atoms with Crippen molar-refractivity contribution in [2.24, 2.45) is 0 Å². The topological polar surface area (TPSA) is 99.3 Å². The highest BCUT2D eigenvalue weighted by molar-refractivity contribution is 6.40. The zero-order valence-electron chi connectivity index (χ0n) is 19.7. The van der Waals surface area contributed by atoms with Crippen LogP contribution in [-0.4, -0.2) is 30.9 Å². The minimum atomic E-state index is -0.534. The van der Waals surface area contributed by atoms with Gasteiger partial charge in [0.1, 0.15) is 5.82 Å². The fourth-order valence-electron chi connectivity index (χ4n) is 4.21. The minimum Gasteiger partial charge on any atom is -0.350 e. The predicted octanol–water partition coefficient (Wildman–Crippen LogP) is 4.78. The van der Waals surface area contributed by atoms with E-state index in [1.165, 1.54) is 29.8 Å². The van der Waals surface area contributed by atoms with E-state index < -0.39 is 17.6 Å². The molecule has 4 amide bonds. The van der Waals surface area contributed by atoms with Gasteiger partial charge in [0.15, 0.2) is 0 Å². The van der Waals surface area contributed by atoms with Crippen molar-refractivity contribution in [3.8, 4) is 0 Å². The Kier molecular flexibility index (Phi) is 8.63. The average molecular weight is 543 g/mol. The Labute approximate surface area is 223 Å². The van der Waals surface area contributed by atoms with E-state index in [1.54, 1.807) is 12.1 Å². The SMILES string of the molecule is O=C(NCCNC(=O)c1c(Cl)cc(C(=O)NCc2cccc(F)c2)cc1Cl)N[C@@H]1CCc2ccccc21. The predicted molar refractivity (Wildman–Crippen MR) is 140 cm³/mol. The molecule has 0 aliphatic heterocycles. The molecule has 0 spiro atoms. The number of halogens is 3.